The van der Waals surface area contributed by atoms with Crippen molar-refractivity contribution in [2.45, 2.75) is 12.5 Å². The predicted molar refractivity (Wildman–Crippen MR) is 80.0 cm³/mol. The van der Waals surface area contributed by atoms with Crippen LogP contribution >= 0.6 is 39.9 Å². The lowest BCUT2D eigenvalue weighted by atomic mass is 10.1. The number of thiocarbonyl (C=S) groups is 1. The maximum absolute atomic E-state index is 5.35. The number of rotatable bonds is 3. The summed E-state index contributed by atoms with van der Waals surface area (Å²) >= 11 is 9.71. The van der Waals surface area contributed by atoms with Crippen molar-refractivity contribution in [2.24, 2.45) is 5.16 Å². The van der Waals surface area contributed by atoms with Gasteiger partial charge in [-0.3, -0.25) is 4.98 Å². The molecular formula is C11H11BrN2O2S2. The highest BCUT2D eigenvalue weighted by Crippen LogP contribution is 2.17. The quantitative estimate of drug-likeness (QED) is 0.787. The number of nitrogens with zero attached hydrogens (tertiary/aromatic N) is 2. The van der Waals surface area contributed by atoms with E-state index in [0.717, 1.165) is 15.9 Å². The number of hydrogen-bond acceptors (Lipinski definition) is 6. The first-order valence-corrected chi connectivity index (χ1v) is 7.67. The zero-order valence-electron chi connectivity index (χ0n) is 9.63. The van der Waals surface area contributed by atoms with Gasteiger partial charge in [0.25, 0.3) is 0 Å². The summed E-state index contributed by atoms with van der Waals surface area (Å²) in [6, 6.07) is 3.83. The van der Waals surface area contributed by atoms with Gasteiger partial charge < -0.3 is 9.57 Å². The monoisotopic (exact) mass is 346 g/mol. The molecule has 1 aromatic heterocycles. The smallest absolute Gasteiger partial charge is 0.219 e. The lowest BCUT2D eigenvalue weighted by Crippen LogP contribution is -2.17. The summed E-state index contributed by atoms with van der Waals surface area (Å²) in [4.78, 5) is 9.57. The van der Waals surface area contributed by atoms with Crippen molar-refractivity contribution in [2.75, 3.05) is 12.9 Å². The molecule has 0 radical (unpaired) electrons. The lowest BCUT2D eigenvalue weighted by molar-refractivity contribution is 0.0458. The van der Waals surface area contributed by atoms with E-state index in [-0.39, 0.29) is 6.10 Å². The Bertz CT molecular complexity index is 465. The average Bonchev–Trinajstić information content (AvgIpc) is 2.85. The van der Waals surface area contributed by atoms with Crippen LogP contribution in [0.15, 0.2) is 28.0 Å². The van der Waals surface area contributed by atoms with Crippen LogP contribution in [0.3, 0.4) is 0 Å². The Morgan fingerprint density at radius 2 is 2.50 bits per heavy atom. The van der Waals surface area contributed by atoms with Crippen molar-refractivity contribution in [3.63, 3.8) is 0 Å². The van der Waals surface area contributed by atoms with Crippen LogP contribution in [0.4, 0.5) is 0 Å². The molecule has 2 rings (SSSR count). The van der Waals surface area contributed by atoms with Gasteiger partial charge in [-0.25, -0.2) is 0 Å². The molecule has 1 aliphatic heterocycles. The first kappa shape index (κ1) is 13.8. The van der Waals surface area contributed by atoms with E-state index in [1.165, 1.54) is 11.8 Å². The molecule has 0 aromatic carbocycles. The summed E-state index contributed by atoms with van der Waals surface area (Å²) in [5.41, 5.74) is 1.67. The molecular weight excluding hydrogens is 336 g/mol. The van der Waals surface area contributed by atoms with Crippen molar-refractivity contribution in [3.05, 3.63) is 28.5 Å². The normalized spacial score (nSPS) is 18.1. The van der Waals surface area contributed by atoms with Gasteiger partial charge in [-0.1, -0.05) is 16.9 Å². The van der Waals surface area contributed by atoms with Crippen LogP contribution in [0.5, 0.6) is 0 Å². The molecule has 0 amide bonds. The number of hydrogen-bond donors (Lipinski definition) is 0. The maximum atomic E-state index is 5.35. The fourth-order valence-electron chi connectivity index (χ4n) is 1.44. The lowest BCUT2D eigenvalue weighted by Gasteiger charge is -2.09. The fraction of sp³-hybridized carbons (Fsp3) is 0.364. The third-order valence-corrected chi connectivity index (χ3v) is 3.85. The minimum Gasteiger partial charge on any atom is -0.475 e. The van der Waals surface area contributed by atoms with Gasteiger partial charge in [0.15, 0.2) is 6.10 Å². The number of ether oxygens (including phenoxy) is 1. The first-order valence-electron chi connectivity index (χ1n) is 5.24. The van der Waals surface area contributed by atoms with E-state index < -0.39 is 0 Å². The number of halogens is 1. The largest absolute Gasteiger partial charge is 0.475 e. The van der Waals surface area contributed by atoms with Gasteiger partial charge in [0, 0.05) is 17.1 Å². The van der Waals surface area contributed by atoms with Crippen molar-refractivity contribution in [1.29, 1.82) is 0 Å². The third kappa shape index (κ3) is 3.66. The van der Waals surface area contributed by atoms with E-state index in [9.17, 15) is 0 Å². The molecule has 0 aliphatic carbocycles. The van der Waals surface area contributed by atoms with Gasteiger partial charge >= 0.3 is 0 Å². The minimum absolute atomic E-state index is 0.0875. The molecule has 0 unspecified atom stereocenters. The molecule has 96 valence electrons. The highest BCUT2D eigenvalue weighted by atomic mass is 79.9. The van der Waals surface area contributed by atoms with Crippen molar-refractivity contribution < 1.29 is 9.57 Å². The standard InChI is InChI=1S/C11H11BrN2O2S2/c1-18-11(17)15-6-8-4-10(14-16-8)9-3-2-7(12)5-13-9/h2-3,5,8H,4,6H2,1H3/t8-/m0/s1. The van der Waals surface area contributed by atoms with E-state index in [2.05, 4.69) is 26.1 Å². The SMILES string of the molecule is CSC(=S)OC[C@@H]1CC(c2ccc(Br)cn2)=NO1. The second-order valence-corrected chi connectivity index (χ2v) is 5.92. The Labute approximate surface area is 123 Å². The predicted octanol–water partition coefficient (Wildman–Crippen LogP) is 3.00. The van der Waals surface area contributed by atoms with E-state index in [0.29, 0.717) is 17.4 Å². The highest BCUT2D eigenvalue weighted by Gasteiger charge is 2.23. The zero-order valence-corrected chi connectivity index (χ0v) is 12.8. The van der Waals surface area contributed by atoms with Crippen molar-refractivity contribution in [1.82, 2.24) is 4.98 Å². The Kier molecular flexibility index (Phi) is 4.96. The molecule has 0 saturated heterocycles. The molecule has 0 bridgehead atoms. The first-order chi connectivity index (χ1) is 8.69. The Hall–Kier alpha value is -0.660. The summed E-state index contributed by atoms with van der Waals surface area (Å²) in [5.74, 6) is 0. The van der Waals surface area contributed by atoms with Crippen LogP contribution < -0.4 is 0 Å². The fourth-order valence-corrected chi connectivity index (χ4v) is 1.92. The molecule has 7 heteroatoms. The third-order valence-electron chi connectivity index (χ3n) is 2.31. The Morgan fingerprint density at radius 1 is 1.67 bits per heavy atom. The maximum Gasteiger partial charge on any atom is 0.219 e. The van der Waals surface area contributed by atoms with Crippen LogP contribution in [-0.4, -0.2) is 34.0 Å². The molecule has 18 heavy (non-hydrogen) atoms. The van der Waals surface area contributed by atoms with Gasteiger partial charge in [0.2, 0.25) is 4.38 Å². The Balaban J connectivity index is 1.87. The van der Waals surface area contributed by atoms with Crippen LogP contribution in [0.25, 0.3) is 0 Å². The van der Waals surface area contributed by atoms with Crippen LogP contribution in [0.1, 0.15) is 12.1 Å². The number of thioether (sulfide) groups is 1. The van der Waals surface area contributed by atoms with Gasteiger partial charge in [-0.2, -0.15) is 0 Å². The van der Waals surface area contributed by atoms with Gasteiger partial charge in [-0.15, -0.1) is 0 Å². The summed E-state index contributed by atoms with van der Waals surface area (Å²) in [6.45, 7) is 0.420. The molecule has 1 aromatic rings. The summed E-state index contributed by atoms with van der Waals surface area (Å²) < 4.78 is 6.81. The molecule has 1 aliphatic rings. The number of aromatic nitrogens is 1. The van der Waals surface area contributed by atoms with Crippen molar-refractivity contribution >= 4 is 50.0 Å². The highest BCUT2D eigenvalue weighted by molar-refractivity contribution is 9.10. The van der Waals surface area contributed by atoms with Gasteiger partial charge in [-0.05, 0) is 46.5 Å². The van der Waals surface area contributed by atoms with E-state index >= 15 is 0 Å². The van der Waals surface area contributed by atoms with Gasteiger partial charge in [0.1, 0.15) is 12.3 Å². The second kappa shape index (κ2) is 6.49. The number of pyridine rings is 1. The second-order valence-electron chi connectivity index (χ2n) is 3.60. The molecule has 0 fully saturated rings. The molecule has 0 spiro atoms. The summed E-state index contributed by atoms with van der Waals surface area (Å²) in [7, 11) is 0. The summed E-state index contributed by atoms with van der Waals surface area (Å²) in [5, 5.41) is 4.03. The van der Waals surface area contributed by atoms with E-state index in [1.807, 2.05) is 18.4 Å². The van der Waals surface area contributed by atoms with Crippen LogP contribution in [0.2, 0.25) is 0 Å². The number of oxime groups is 1. The molecule has 0 saturated carbocycles. The molecule has 1 atom stereocenters. The average molecular weight is 347 g/mol. The molecule has 4 nitrogen and oxygen atoms in total. The van der Waals surface area contributed by atoms with Gasteiger partial charge in [0.05, 0.1) is 5.69 Å². The van der Waals surface area contributed by atoms with Crippen LogP contribution in [0, 0.1) is 0 Å². The van der Waals surface area contributed by atoms with Crippen LogP contribution in [-0.2, 0) is 9.57 Å². The van der Waals surface area contributed by atoms with Crippen molar-refractivity contribution in [3.8, 4) is 0 Å². The van der Waals surface area contributed by atoms with E-state index in [4.69, 9.17) is 21.8 Å². The minimum atomic E-state index is -0.0875. The summed E-state index contributed by atoms with van der Waals surface area (Å²) in [6.07, 6.45) is 4.22. The molecule has 2 heterocycles. The molecule has 0 N–H and O–H groups in total. The van der Waals surface area contributed by atoms with E-state index in [1.54, 1.807) is 6.20 Å². The Morgan fingerprint density at radius 3 is 3.17 bits per heavy atom. The zero-order chi connectivity index (χ0) is 13.0. The topological polar surface area (TPSA) is 43.7 Å².